The van der Waals surface area contributed by atoms with Gasteiger partial charge in [0, 0.05) is 17.7 Å². The van der Waals surface area contributed by atoms with Gasteiger partial charge in [-0.25, -0.2) is 5.10 Å². The van der Waals surface area contributed by atoms with Crippen LogP contribution in [0.5, 0.6) is 0 Å². The minimum absolute atomic E-state index is 0.0261. The van der Waals surface area contributed by atoms with Crippen molar-refractivity contribution in [1.82, 2.24) is 15.5 Å². The summed E-state index contributed by atoms with van der Waals surface area (Å²) < 4.78 is 5.26. The first kappa shape index (κ1) is 15.9. The lowest BCUT2D eigenvalue weighted by Gasteiger charge is -2.42. The van der Waals surface area contributed by atoms with Crippen LogP contribution in [0.25, 0.3) is 11.5 Å². The molecule has 1 aliphatic rings. The summed E-state index contributed by atoms with van der Waals surface area (Å²) in [4.78, 5) is 12.6. The van der Waals surface area contributed by atoms with E-state index in [4.69, 9.17) is 16.6 Å². The Hall–Kier alpha value is -1.95. The molecular weight excluding hydrogens is 310 g/mol. The largest absolute Gasteiger partial charge is 0.409 e. The normalized spacial score (nSPS) is 15.9. The number of carbonyl (C=O) groups is 1. The number of benzene rings is 1. The number of hydrogen-bond acceptors (Lipinski definition) is 4. The van der Waals surface area contributed by atoms with Crippen LogP contribution in [0.15, 0.2) is 28.7 Å². The molecule has 0 bridgehead atoms. The Balaban J connectivity index is 1.62. The fourth-order valence-corrected chi connectivity index (χ4v) is 3.33. The molecule has 0 unspecified atom stereocenters. The summed E-state index contributed by atoms with van der Waals surface area (Å²) in [5.74, 6) is 0.403. The molecule has 5 nitrogen and oxygen atoms in total. The number of nitrogens with zero attached hydrogens (tertiary/aromatic N) is 1. The molecule has 0 radical (unpaired) electrons. The summed E-state index contributed by atoms with van der Waals surface area (Å²) in [5, 5.41) is 9.65. The molecule has 2 aromatic rings. The van der Waals surface area contributed by atoms with Gasteiger partial charge >= 0.3 is 0 Å². The monoisotopic (exact) mass is 331 g/mol. The second-order valence-corrected chi connectivity index (χ2v) is 6.65. The van der Waals surface area contributed by atoms with Crippen molar-refractivity contribution in [2.75, 3.05) is 6.54 Å². The molecule has 23 heavy (non-hydrogen) atoms. The van der Waals surface area contributed by atoms with Crippen molar-refractivity contribution in [3.05, 3.63) is 34.7 Å². The van der Waals surface area contributed by atoms with E-state index in [1.165, 1.54) is 32.1 Å². The van der Waals surface area contributed by atoms with Gasteiger partial charge in [0.25, 0.3) is 10.7 Å². The molecule has 1 aromatic carbocycles. The van der Waals surface area contributed by atoms with Gasteiger partial charge in [0.05, 0.1) is 0 Å². The molecule has 3 rings (SSSR count). The zero-order valence-corrected chi connectivity index (χ0v) is 14.0. The minimum atomic E-state index is -0.0261. The number of nitrogens with one attached hydrogen (secondary N) is 2. The van der Waals surface area contributed by atoms with Crippen molar-refractivity contribution in [1.29, 1.82) is 0 Å². The molecule has 0 atom stereocenters. The predicted octanol–water partition coefficient (Wildman–Crippen LogP) is 4.10. The van der Waals surface area contributed by atoms with Gasteiger partial charge < -0.3 is 9.73 Å². The summed E-state index contributed by atoms with van der Waals surface area (Å²) >= 11 is 4.86. The van der Waals surface area contributed by atoms with Crippen LogP contribution in [0, 0.1) is 10.3 Å². The smallest absolute Gasteiger partial charge is 0.284 e. The van der Waals surface area contributed by atoms with E-state index >= 15 is 0 Å². The molecule has 0 aliphatic heterocycles. The summed E-state index contributed by atoms with van der Waals surface area (Å²) in [6, 6.07) is 7.19. The van der Waals surface area contributed by atoms with Crippen molar-refractivity contribution >= 4 is 18.1 Å². The summed E-state index contributed by atoms with van der Waals surface area (Å²) in [7, 11) is 0. The van der Waals surface area contributed by atoms with Crippen LogP contribution >= 0.6 is 12.2 Å². The van der Waals surface area contributed by atoms with Gasteiger partial charge in [-0.2, -0.15) is 0 Å². The number of hydrogen-bond donors (Lipinski definition) is 2. The molecule has 1 aromatic heterocycles. The zero-order valence-electron chi connectivity index (χ0n) is 13.2. The average molecular weight is 331 g/mol. The van der Waals surface area contributed by atoms with E-state index in [0.29, 0.717) is 16.9 Å². The van der Waals surface area contributed by atoms with E-state index in [-0.39, 0.29) is 10.7 Å². The summed E-state index contributed by atoms with van der Waals surface area (Å²) in [6.45, 7) is 2.98. The molecule has 2 N–H and O–H groups in total. The predicted molar refractivity (Wildman–Crippen MR) is 90.6 cm³/mol. The van der Waals surface area contributed by atoms with Crippen molar-refractivity contribution < 1.29 is 9.21 Å². The van der Waals surface area contributed by atoms with Crippen LogP contribution in [0.2, 0.25) is 0 Å². The van der Waals surface area contributed by atoms with Gasteiger partial charge in [0.15, 0.2) is 0 Å². The Morgan fingerprint density at radius 2 is 2.13 bits per heavy atom. The maximum Gasteiger partial charge on any atom is 0.284 e. The van der Waals surface area contributed by atoms with Crippen molar-refractivity contribution in [3.8, 4) is 11.5 Å². The lowest BCUT2D eigenvalue weighted by Crippen LogP contribution is -2.42. The number of H-pyrrole nitrogens is 1. The van der Waals surface area contributed by atoms with Gasteiger partial charge in [-0.1, -0.05) is 19.8 Å². The third-order valence-electron chi connectivity index (χ3n) is 4.65. The lowest BCUT2D eigenvalue weighted by molar-refractivity contribution is 0.0832. The van der Waals surface area contributed by atoms with E-state index in [1.54, 1.807) is 12.1 Å². The fourth-order valence-electron chi connectivity index (χ4n) is 3.21. The molecule has 1 aliphatic carbocycles. The molecule has 6 heteroatoms. The highest BCUT2D eigenvalue weighted by atomic mass is 32.1. The number of aromatic nitrogens is 2. The molecule has 0 spiro atoms. The quantitative estimate of drug-likeness (QED) is 0.782. The zero-order chi connectivity index (χ0) is 16.3. The van der Waals surface area contributed by atoms with Gasteiger partial charge in [-0.15, -0.1) is 5.10 Å². The molecule has 0 saturated heterocycles. The van der Waals surface area contributed by atoms with Gasteiger partial charge in [0.1, 0.15) is 0 Å². The lowest BCUT2D eigenvalue weighted by atomic mass is 9.66. The highest BCUT2D eigenvalue weighted by Gasteiger charge is 2.36. The SMILES string of the molecule is CCCC1(CNC(=O)c2ccc(-c3n[nH]c(=S)o3)cc2)CCC1. The fraction of sp³-hybridized carbons (Fsp3) is 0.471. The standard InChI is InChI=1S/C17H21N3O2S/c1-2-8-17(9-3-10-17)11-18-14(21)12-4-6-13(7-5-12)15-19-20-16(23)22-15/h4-7H,2-3,8-11H2,1H3,(H,18,21)(H,20,23). The molecular formula is C17H21N3O2S. The summed E-state index contributed by atoms with van der Waals surface area (Å²) in [6.07, 6.45) is 6.09. The Labute approximate surface area is 140 Å². The number of carbonyl (C=O) groups excluding carboxylic acids is 1. The van der Waals surface area contributed by atoms with Crippen LogP contribution in [-0.4, -0.2) is 22.6 Å². The number of aromatic amines is 1. The van der Waals surface area contributed by atoms with Gasteiger partial charge in [-0.05, 0) is 61.2 Å². The first-order valence-electron chi connectivity index (χ1n) is 8.06. The molecule has 1 saturated carbocycles. The van der Waals surface area contributed by atoms with E-state index < -0.39 is 0 Å². The van der Waals surface area contributed by atoms with Crippen LogP contribution in [0.3, 0.4) is 0 Å². The Morgan fingerprint density at radius 1 is 1.39 bits per heavy atom. The van der Waals surface area contributed by atoms with Crippen molar-refractivity contribution in [2.24, 2.45) is 5.41 Å². The second-order valence-electron chi connectivity index (χ2n) is 6.28. The summed E-state index contributed by atoms with van der Waals surface area (Å²) in [5.41, 5.74) is 1.77. The first-order chi connectivity index (χ1) is 11.1. The maximum absolute atomic E-state index is 12.3. The van der Waals surface area contributed by atoms with Crippen molar-refractivity contribution in [2.45, 2.75) is 39.0 Å². The highest BCUT2D eigenvalue weighted by Crippen LogP contribution is 2.44. The first-order valence-corrected chi connectivity index (χ1v) is 8.47. The van der Waals surface area contributed by atoms with Crippen LogP contribution in [0.1, 0.15) is 49.4 Å². The Morgan fingerprint density at radius 3 is 2.65 bits per heavy atom. The van der Waals surface area contributed by atoms with E-state index in [0.717, 1.165) is 12.1 Å². The Kier molecular flexibility index (Phi) is 4.61. The Bertz CT molecular complexity index is 729. The number of rotatable bonds is 6. The highest BCUT2D eigenvalue weighted by molar-refractivity contribution is 7.71. The number of amides is 1. The van der Waals surface area contributed by atoms with Crippen LogP contribution < -0.4 is 5.32 Å². The van der Waals surface area contributed by atoms with E-state index in [1.807, 2.05) is 12.1 Å². The van der Waals surface area contributed by atoms with Crippen LogP contribution in [-0.2, 0) is 0 Å². The van der Waals surface area contributed by atoms with E-state index in [9.17, 15) is 4.79 Å². The average Bonchev–Trinajstić information content (AvgIpc) is 2.96. The van der Waals surface area contributed by atoms with Crippen LogP contribution in [0.4, 0.5) is 0 Å². The topological polar surface area (TPSA) is 70.9 Å². The van der Waals surface area contributed by atoms with Gasteiger partial charge in [0.2, 0.25) is 5.89 Å². The maximum atomic E-state index is 12.3. The van der Waals surface area contributed by atoms with E-state index in [2.05, 4.69) is 22.4 Å². The van der Waals surface area contributed by atoms with Gasteiger partial charge in [-0.3, -0.25) is 4.79 Å². The third-order valence-corrected chi connectivity index (χ3v) is 4.83. The molecule has 1 amide bonds. The molecule has 1 fully saturated rings. The minimum Gasteiger partial charge on any atom is -0.409 e. The van der Waals surface area contributed by atoms with Crippen molar-refractivity contribution in [3.63, 3.8) is 0 Å². The molecule has 1 heterocycles. The third kappa shape index (κ3) is 3.52. The molecule has 122 valence electrons. The second kappa shape index (κ2) is 6.66.